The van der Waals surface area contributed by atoms with E-state index in [0.717, 1.165) is 0 Å². The summed E-state index contributed by atoms with van der Waals surface area (Å²) in [5.41, 5.74) is 8.48. The van der Waals surface area contributed by atoms with Crippen LogP contribution in [0.2, 0.25) is 0 Å². The lowest BCUT2D eigenvalue weighted by atomic mass is 10.00. The summed E-state index contributed by atoms with van der Waals surface area (Å²) in [6.45, 7) is 0. The molecule has 0 aliphatic heterocycles. The molecule has 0 amide bonds. The van der Waals surface area contributed by atoms with E-state index in [2.05, 4.69) is 125 Å². The summed E-state index contributed by atoms with van der Waals surface area (Å²) >= 11 is 0. The second-order valence-corrected chi connectivity index (χ2v) is 8.32. The van der Waals surface area contributed by atoms with E-state index in [9.17, 15) is 0 Å². The van der Waals surface area contributed by atoms with E-state index in [1.165, 1.54) is 60.4 Å². The first-order valence-electron chi connectivity index (χ1n) is 11.0. The lowest BCUT2D eigenvalue weighted by Gasteiger charge is -2.12. The number of rotatable bonds is 2. The number of hydrogen-bond acceptors (Lipinski definition) is 0. The summed E-state index contributed by atoms with van der Waals surface area (Å²) in [5, 5.41) is 5.08. The molecule has 150 valence electrons. The van der Waals surface area contributed by atoms with Gasteiger partial charge in [-0.15, -0.1) is 0 Å². The Hall–Kier alpha value is -4.30. The number of fused-ring (bicyclic) bond motifs is 6. The molecule has 0 radical (unpaired) electrons. The van der Waals surface area contributed by atoms with Crippen molar-refractivity contribution in [2.24, 2.45) is 0 Å². The van der Waals surface area contributed by atoms with Crippen molar-refractivity contribution in [3.8, 4) is 16.8 Å². The summed E-state index contributed by atoms with van der Waals surface area (Å²) in [6.07, 6.45) is 0. The molecule has 7 aromatic rings. The quantitative estimate of drug-likeness (QED) is 0.298. The van der Waals surface area contributed by atoms with Gasteiger partial charge in [-0.25, -0.2) is 0 Å². The Kier molecular flexibility index (Phi) is 3.58. The van der Waals surface area contributed by atoms with Crippen molar-refractivity contribution in [3.05, 3.63) is 115 Å². The first-order chi connectivity index (χ1) is 15.9. The maximum Gasteiger partial charge on any atom is 0.0619 e. The van der Waals surface area contributed by atoms with Gasteiger partial charge in [-0.2, -0.15) is 0 Å². The number of aromatic amines is 1. The molecule has 7 rings (SSSR count). The molecule has 2 aromatic heterocycles. The minimum absolute atomic E-state index is 1.17. The number of nitrogens with one attached hydrogen (secondary N) is 1. The van der Waals surface area contributed by atoms with Crippen LogP contribution in [0.5, 0.6) is 0 Å². The zero-order valence-corrected chi connectivity index (χ0v) is 17.4. The zero-order valence-electron chi connectivity index (χ0n) is 17.4. The molecule has 2 heterocycles. The van der Waals surface area contributed by atoms with E-state index in [1.807, 2.05) is 0 Å². The van der Waals surface area contributed by atoms with Crippen molar-refractivity contribution in [3.63, 3.8) is 0 Å². The van der Waals surface area contributed by atoms with Crippen molar-refractivity contribution in [2.75, 3.05) is 0 Å². The van der Waals surface area contributed by atoms with Gasteiger partial charge in [0.15, 0.2) is 0 Å². The molecule has 5 aromatic carbocycles. The fourth-order valence-electron chi connectivity index (χ4n) is 5.11. The Bertz CT molecular complexity index is 1770. The lowest BCUT2D eigenvalue weighted by Crippen LogP contribution is -1.95. The molecule has 0 fully saturated rings. The van der Waals surface area contributed by atoms with Gasteiger partial charge in [-0.05, 0) is 42.0 Å². The first kappa shape index (κ1) is 17.4. The van der Waals surface area contributed by atoms with Gasteiger partial charge in [-0.3, -0.25) is 0 Å². The Morgan fingerprint density at radius 2 is 1.22 bits per heavy atom. The van der Waals surface area contributed by atoms with Crippen molar-refractivity contribution < 1.29 is 0 Å². The number of aromatic nitrogens is 2. The molecule has 0 bridgehead atoms. The van der Waals surface area contributed by atoms with Crippen LogP contribution in [0.3, 0.4) is 0 Å². The third-order valence-corrected chi connectivity index (χ3v) is 6.53. The third-order valence-electron chi connectivity index (χ3n) is 6.53. The van der Waals surface area contributed by atoms with Crippen LogP contribution in [0, 0.1) is 0 Å². The van der Waals surface area contributed by atoms with Gasteiger partial charge >= 0.3 is 0 Å². The normalized spacial score (nSPS) is 11.8. The van der Waals surface area contributed by atoms with Gasteiger partial charge in [0.05, 0.1) is 11.0 Å². The SMILES string of the molecule is c1ccc(-n2c3ccccc3c3cccc(-c4ccc5[nH]c6ccccc6c5c4)c32)cc1. The van der Waals surface area contributed by atoms with Crippen LogP contribution < -0.4 is 0 Å². The average Bonchev–Trinajstić information content (AvgIpc) is 3.40. The van der Waals surface area contributed by atoms with Crippen LogP contribution in [0.1, 0.15) is 0 Å². The standard InChI is InChI=1S/C30H20N2/c1-2-9-21(10-3-1)32-29-16-7-5-12-24(29)25-14-8-13-22(30(25)32)20-17-18-28-26(19-20)23-11-4-6-15-27(23)31-28/h1-19,31H. The molecule has 1 N–H and O–H groups in total. The second-order valence-electron chi connectivity index (χ2n) is 8.32. The number of para-hydroxylation sites is 4. The van der Waals surface area contributed by atoms with E-state index in [0.29, 0.717) is 0 Å². The van der Waals surface area contributed by atoms with E-state index in [-0.39, 0.29) is 0 Å². The highest BCUT2D eigenvalue weighted by molar-refractivity contribution is 6.15. The Balaban J connectivity index is 1.61. The van der Waals surface area contributed by atoms with Crippen LogP contribution in [0.25, 0.3) is 60.4 Å². The van der Waals surface area contributed by atoms with E-state index in [4.69, 9.17) is 0 Å². The Labute approximate surface area is 185 Å². The highest BCUT2D eigenvalue weighted by atomic mass is 15.0. The topological polar surface area (TPSA) is 20.7 Å². The number of hydrogen-bond donors (Lipinski definition) is 1. The van der Waals surface area contributed by atoms with Crippen molar-refractivity contribution in [2.45, 2.75) is 0 Å². The minimum Gasteiger partial charge on any atom is -0.355 e. The molecule has 0 atom stereocenters. The fraction of sp³-hybridized carbons (Fsp3) is 0. The predicted octanol–water partition coefficient (Wildman–Crippen LogP) is 8.09. The summed E-state index contributed by atoms with van der Waals surface area (Å²) in [4.78, 5) is 3.55. The first-order valence-corrected chi connectivity index (χ1v) is 11.0. The molecule has 0 saturated heterocycles. The van der Waals surface area contributed by atoms with Gasteiger partial charge in [-0.1, -0.05) is 78.9 Å². The molecule has 32 heavy (non-hydrogen) atoms. The smallest absolute Gasteiger partial charge is 0.0619 e. The van der Waals surface area contributed by atoms with Gasteiger partial charge in [0, 0.05) is 43.8 Å². The van der Waals surface area contributed by atoms with Crippen molar-refractivity contribution in [1.29, 1.82) is 0 Å². The maximum atomic E-state index is 3.55. The molecule has 2 heteroatoms. The molecular weight excluding hydrogens is 388 g/mol. The van der Waals surface area contributed by atoms with Crippen molar-refractivity contribution >= 4 is 43.6 Å². The largest absolute Gasteiger partial charge is 0.355 e. The summed E-state index contributed by atoms with van der Waals surface area (Å²) in [6, 6.07) is 41.3. The number of nitrogens with zero attached hydrogens (tertiary/aromatic N) is 1. The average molecular weight is 409 g/mol. The minimum atomic E-state index is 1.17. The van der Waals surface area contributed by atoms with Crippen LogP contribution in [0.4, 0.5) is 0 Å². The van der Waals surface area contributed by atoms with Gasteiger partial charge in [0.2, 0.25) is 0 Å². The van der Waals surface area contributed by atoms with E-state index in [1.54, 1.807) is 0 Å². The summed E-state index contributed by atoms with van der Waals surface area (Å²) in [7, 11) is 0. The molecular formula is C30H20N2. The fourth-order valence-corrected chi connectivity index (χ4v) is 5.11. The summed E-state index contributed by atoms with van der Waals surface area (Å²) < 4.78 is 2.40. The Morgan fingerprint density at radius 1 is 0.500 bits per heavy atom. The Morgan fingerprint density at radius 3 is 2.12 bits per heavy atom. The number of benzene rings is 5. The summed E-state index contributed by atoms with van der Waals surface area (Å²) in [5.74, 6) is 0. The van der Waals surface area contributed by atoms with E-state index >= 15 is 0 Å². The van der Waals surface area contributed by atoms with Crippen LogP contribution in [0.15, 0.2) is 115 Å². The van der Waals surface area contributed by atoms with Crippen LogP contribution >= 0.6 is 0 Å². The molecule has 0 spiro atoms. The van der Waals surface area contributed by atoms with E-state index < -0.39 is 0 Å². The van der Waals surface area contributed by atoms with Crippen LogP contribution in [-0.2, 0) is 0 Å². The molecule has 0 aliphatic carbocycles. The molecule has 2 nitrogen and oxygen atoms in total. The monoisotopic (exact) mass is 408 g/mol. The molecule has 0 saturated carbocycles. The molecule has 0 unspecified atom stereocenters. The van der Waals surface area contributed by atoms with Gasteiger partial charge in [0.25, 0.3) is 0 Å². The van der Waals surface area contributed by atoms with Crippen LogP contribution in [-0.4, -0.2) is 9.55 Å². The lowest BCUT2D eigenvalue weighted by molar-refractivity contribution is 1.18. The predicted molar refractivity (Wildman–Crippen MR) is 136 cm³/mol. The zero-order chi connectivity index (χ0) is 21.1. The van der Waals surface area contributed by atoms with Gasteiger partial charge < -0.3 is 9.55 Å². The van der Waals surface area contributed by atoms with Gasteiger partial charge in [0.1, 0.15) is 0 Å². The third kappa shape index (κ3) is 2.41. The number of H-pyrrole nitrogens is 1. The highest BCUT2D eigenvalue weighted by Gasteiger charge is 2.16. The second kappa shape index (κ2) is 6.60. The molecule has 0 aliphatic rings. The highest BCUT2D eigenvalue weighted by Crippen LogP contribution is 2.39. The van der Waals surface area contributed by atoms with Crippen molar-refractivity contribution in [1.82, 2.24) is 9.55 Å². The maximum absolute atomic E-state index is 3.55.